The van der Waals surface area contributed by atoms with Crippen molar-refractivity contribution in [2.45, 2.75) is 31.2 Å². The lowest BCUT2D eigenvalue weighted by molar-refractivity contribution is -0.152. The molecule has 0 bridgehead atoms. The minimum Gasteiger partial charge on any atom is -0.481 e. The lowest BCUT2D eigenvalue weighted by Gasteiger charge is -2.28. The summed E-state index contributed by atoms with van der Waals surface area (Å²) in [7, 11) is 0. The molecule has 0 aliphatic carbocycles. The van der Waals surface area contributed by atoms with Crippen molar-refractivity contribution in [2.75, 3.05) is 13.1 Å². The maximum absolute atomic E-state index is 11.2. The maximum atomic E-state index is 11.2. The van der Waals surface area contributed by atoms with Crippen LogP contribution in [0.4, 0.5) is 0 Å². The fourth-order valence-corrected chi connectivity index (χ4v) is 1.57. The van der Waals surface area contributed by atoms with E-state index in [-0.39, 0.29) is 6.42 Å². The van der Waals surface area contributed by atoms with E-state index < -0.39 is 36.4 Å². The molecule has 18 heavy (non-hydrogen) atoms. The molecule has 1 atom stereocenters. The SMILES string of the molecule is NCCCCC(CC(=O)O)(NCC(=O)O)C(=O)O. The molecule has 0 amide bonds. The van der Waals surface area contributed by atoms with Crippen LogP contribution in [0, 0.1) is 0 Å². The zero-order valence-electron chi connectivity index (χ0n) is 9.89. The van der Waals surface area contributed by atoms with Crippen LogP contribution < -0.4 is 11.1 Å². The highest BCUT2D eigenvalue weighted by atomic mass is 16.4. The van der Waals surface area contributed by atoms with E-state index in [1.54, 1.807) is 0 Å². The second kappa shape index (κ2) is 7.62. The standard InChI is InChI=1S/C10H18N2O6/c11-4-2-1-3-10(9(17)18,5-7(13)14)12-6-8(15)16/h12H,1-6,11H2,(H,13,14)(H,15,16)(H,17,18). The van der Waals surface area contributed by atoms with Crippen molar-refractivity contribution in [3.05, 3.63) is 0 Å². The molecule has 0 radical (unpaired) electrons. The van der Waals surface area contributed by atoms with E-state index in [1.165, 1.54) is 0 Å². The smallest absolute Gasteiger partial charge is 0.324 e. The Labute approximate surface area is 104 Å². The molecule has 0 saturated heterocycles. The summed E-state index contributed by atoms with van der Waals surface area (Å²) in [6.45, 7) is -0.246. The fraction of sp³-hybridized carbons (Fsp3) is 0.700. The van der Waals surface area contributed by atoms with Gasteiger partial charge in [-0.3, -0.25) is 19.7 Å². The summed E-state index contributed by atoms with van der Waals surface area (Å²) in [5, 5.41) is 28.7. The first-order valence-electron chi connectivity index (χ1n) is 5.46. The first kappa shape index (κ1) is 16.3. The Morgan fingerprint density at radius 2 is 1.67 bits per heavy atom. The third-order valence-electron chi connectivity index (χ3n) is 2.50. The van der Waals surface area contributed by atoms with Gasteiger partial charge in [-0.1, -0.05) is 0 Å². The highest BCUT2D eigenvalue weighted by Crippen LogP contribution is 2.19. The van der Waals surface area contributed by atoms with Crippen LogP contribution in [0.1, 0.15) is 25.7 Å². The minimum atomic E-state index is -1.76. The molecule has 0 rings (SSSR count). The Bertz CT molecular complexity index is 319. The van der Waals surface area contributed by atoms with Gasteiger partial charge in [-0.2, -0.15) is 0 Å². The topological polar surface area (TPSA) is 150 Å². The third-order valence-corrected chi connectivity index (χ3v) is 2.50. The van der Waals surface area contributed by atoms with E-state index in [2.05, 4.69) is 5.32 Å². The van der Waals surface area contributed by atoms with Crippen molar-refractivity contribution >= 4 is 17.9 Å². The van der Waals surface area contributed by atoms with Crippen molar-refractivity contribution in [3.63, 3.8) is 0 Å². The Kier molecular flexibility index (Phi) is 6.91. The van der Waals surface area contributed by atoms with E-state index >= 15 is 0 Å². The highest BCUT2D eigenvalue weighted by molar-refractivity contribution is 5.85. The monoisotopic (exact) mass is 262 g/mol. The van der Waals surface area contributed by atoms with Crippen LogP contribution in [0.5, 0.6) is 0 Å². The largest absolute Gasteiger partial charge is 0.481 e. The van der Waals surface area contributed by atoms with Crippen molar-refractivity contribution in [1.82, 2.24) is 5.32 Å². The van der Waals surface area contributed by atoms with Crippen molar-refractivity contribution < 1.29 is 29.7 Å². The number of carboxylic acid groups (broad SMARTS) is 3. The van der Waals surface area contributed by atoms with Crippen LogP contribution >= 0.6 is 0 Å². The van der Waals surface area contributed by atoms with Crippen LogP contribution in [-0.4, -0.2) is 51.9 Å². The summed E-state index contributed by atoms with van der Waals surface area (Å²) in [5.41, 5.74) is 3.51. The van der Waals surface area contributed by atoms with E-state index in [9.17, 15) is 14.4 Å². The molecule has 6 N–H and O–H groups in total. The van der Waals surface area contributed by atoms with Crippen LogP contribution in [0.2, 0.25) is 0 Å². The zero-order chi connectivity index (χ0) is 14.2. The molecule has 1 unspecified atom stereocenters. The number of unbranched alkanes of at least 4 members (excludes halogenated alkanes) is 1. The van der Waals surface area contributed by atoms with Gasteiger partial charge in [0, 0.05) is 0 Å². The minimum absolute atomic E-state index is 0.0130. The van der Waals surface area contributed by atoms with Gasteiger partial charge in [0.1, 0.15) is 5.54 Å². The molecule has 0 saturated carbocycles. The van der Waals surface area contributed by atoms with Crippen molar-refractivity contribution in [1.29, 1.82) is 0 Å². The molecular weight excluding hydrogens is 244 g/mol. The molecule has 0 spiro atoms. The summed E-state index contributed by atoms with van der Waals surface area (Å²) in [5.74, 6) is -3.92. The molecule has 104 valence electrons. The second-order valence-electron chi connectivity index (χ2n) is 3.95. The van der Waals surface area contributed by atoms with Gasteiger partial charge < -0.3 is 21.1 Å². The van der Waals surface area contributed by atoms with Gasteiger partial charge in [0.05, 0.1) is 13.0 Å². The predicted molar refractivity (Wildman–Crippen MR) is 61.2 cm³/mol. The van der Waals surface area contributed by atoms with Gasteiger partial charge in [-0.25, -0.2) is 0 Å². The molecular formula is C10H18N2O6. The lowest BCUT2D eigenvalue weighted by atomic mass is 9.88. The number of nitrogens with one attached hydrogen (secondary N) is 1. The van der Waals surface area contributed by atoms with Gasteiger partial charge in [0.2, 0.25) is 0 Å². The molecule has 8 heteroatoms. The van der Waals surface area contributed by atoms with Crippen molar-refractivity contribution in [2.24, 2.45) is 5.73 Å². The van der Waals surface area contributed by atoms with E-state index in [4.69, 9.17) is 21.1 Å². The van der Waals surface area contributed by atoms with E-state index in [1.807, 2.05) is 0 Å². The molecule has 0 aromatic carbocycles. The number of hydrogen-bond donors (Lipinski definition) is 5. The van der Waals surface area contributed by atoms with Gasteiger partial charge in [-0.15, -0.1) is 0 Å². The van der Waals surface area contributed by atoms with Crippen LogP contribution in [0.25, 0.3) is 0 Å². The first-order chi connectivity index (χ1) is 8.34. The Morgan fingerprint density at radius 3 is 2.06 bits per heavy atom. The Hall–Kier alpha value is -1.67. The van der Waals surface area contributed by atoms with Gasteiger partial charge in [0.15, 0.2) is 0 Å². The van der Waals surface area contributed by atoms with Crippen LogP contribution in [0.3, 0.4) is 0 Å². The molecule has 0 aliphatic heterocycles. The number of rotatable bonds is 10. The normalized spacial score (nSPS) is 13.8. The summed E-state index contributed by atoms with van der Waals surface area (Å²) >= 11 is 0. The van der Waals surface area contributed by atoms with Crippen LogP contribution in [-0.2, 0) is 14.4 Å². The average Bonchev–Trinajstić information content (AvgIpc) is 2.24. The second-order valence-corrected chi connectivity index (χ2v) is 3.95. The Morgan fingerprint density at radius 1 is 1.06 bits per heavy atom. The number of carboxylic acids is 3. The summed E-state index contributed by atoms with van der Waals surface area (Å²) < 4.78 is 0. The fourth-order valence-electron chi connectivity index (χ4n) is 1.57. The molecule has 8 nitrogen and oxygen atoms in total. The number of carbonyl (C=O) groups is 3. The number of nitrogens with two attached hydrogens (primary N) is 1. The Balaban J connectivity index is 4.83. The molecule has 0 heterocycles. The molecule has 0 fully saturated rings. The number of aliphatic carboxylic acids is 3. The maximum Gasteiger partial charge on any atom is 0.324 e. The average molecular weight is 262 g/mol. The molecule has 0 aromatic heterocycles. The highest BCUT2D eigenvalue weighted by Gasteiger charge is 2.40. The predicted octanol–water partition coefficient (Wildman–Crippen LogP) is -0.912. The summed E-state index contributed by atoms with van der Waals surface area (Å²) in [4.78, 5) is 32.4. The molecule has 0 aromatic rings. The quantitative estimate of drug-likeness (QED) is 0.317. The van der Waals surface area contributed by atoms with Crippen LogP contribution in [0.15, 0.2) is 0 Å². The summed E-state index contributed by atoms with van der Waals surface area (Å²) in [6.07, 6.45) is 0.283. The first-order valence-corrected chi connectivity index (χ1v) is 5.46. The van der Waals surface area contributed by atoms with Gasteiger partial charge >= 0.3 is 17.9 Å². The van der Waals surface area contributed by atoms with Gasteiger partial charge in [0.25, 0.3) is 0 Å². The van der Waals surface area contributed by atoms with Crippen molar-refractivity contribution in [3.8, 4) is 0 Å². The van der Waals surface area contributed by atoms with E-state index in [0.29, 0.717) is 19.4 Å². The zero-order valence-corrected chi connectivity index (χ0v) is 9.89. The van der Waals surface area contributed by atoms with E-state index in [0.717, 1.165) is 0 Å². The summed E-state index contributed by atoms with van der Waals surface area (Å²) in [6, 6.07) is 0. The molecule has 0 aliphatic rings. The third kappa shape index (κ3) is 5.60. The van der Waals surface area contributed by atoms with Gasteiger partial charge in [-0.05, 0) is 25.8 Å². The number of hydrogen-bond acceptors (Lipinski definition) is 5. The lowest BCUT2D eigenvalue weighted by Crippen LogP contribution is -2.55.